The normalized spacial score (nSPS) is 11.5. The number of fused-ring (bicyclic) bond motifs is 1. The van der Waals surface area contributed by atoms with Crippen LogP contribution in [0.3, 0.4) is 0 Å². The summed E-state index contributed by atoms with van der Waals surface area (Å²) >= 11 is 6.01. The van der Waals surface area contributed by atoms with Crippen molar-refractivity contribution in [3.8, 4) is 17.0 Å². The van der Waals surface area contributed by atoms with Gasteiger partial charge in [0.15, 0.2) is 11.6 Å². The summed E-state index contributed by atoms with van der Waals surface area (Å²) in [6.07, 6.45) is 1.20. The van der Waals surface area contributed by atoms with Crippen LogP contribution in [-0.4, -0.2) is 35.7 Å². The highest BCUT2D eigenvalue weighted by Gasteiger charge is 2.20. The summed E-state index contributed by atoms with van der Waals surface area (Å²) in [5.74, 6) is 0.258. The van der Waals surface area contributed by atoms with E-state index in [4.69, 9.17) is 16.3 Å². The Balaban J connectivity index is 1.75. The SMILES string of the molecule is CCc1cc(-c2nnc(NS(=O)(=O)c3ccccc3Cl)cc2OC)cc2cnc(F)nc12. The molecule has 0 spiro atoms. The van der Waals surface area contributed by atoms with Gasteiger partial charge in [-0.05, 0) is 36.2 Å². The van der Waals surface area contributed by atoms with Gasteiger partial charge in [0.05, 0.1) is 17.6 Å². The maximum Gasteiger partial charge on any atom is 0.309 e. The highest BCUT2D eigenvalue weighted by Crippen LogP contribution is 2.33. The summed E-state index contributed by atoms with van der Waals surface area (Å²) in [5, 5.41) is 8.88. The summed E-state index contributed by atoms with van der Waals surface area (Å²) in [6.45, 7) is 1.92. The number of anilines is 1. The topological polar surface area (TPSA) is 107 Å². The molecule has 0 unspecified atom stereocenters. The third-order valence-electron chi connectivity index (χ3n) is 4.73. The van der Waals surface area contributed by atoms with Gasteiger partial charge in [-0.25, -0.2) is 18.4 Å². The van der Waals surface area contributed by atoms with Crippen LogP contribution in [0.4, 0.5) is 10.2 Å². The predicted molar refractivity (Wildman–Crippen MR) is 119 cm³/mol. The molecule has 0 saturated carbocycles. The lowest BCUT2D eigenvalue weighted by atomic mass is 10.0. The second kappa shape index (κ2) is 8.64. The Morgan fingerprint density at radius 1 is 1.16 bits per heavy atom. The lowest BCUT2D eigenvalue weighted by molar-refractivity contribution is 0.414. The lowest BCUT2D eigenvalue weighted by Crippen LogP contribution is -2.15. The van der Waals surface area contributed by atoms with Gasteiger partial charge in [0.2, 0.25) is 0 Å². The van der Waals surface area contributed by atoms with E-state index >= 15 is 0 Å². The molecule has 4 rings (SSSR count). The number of hydrogen-bond donors (Lipinski definition) is 1. The molecule has 2 heterocycles. The Kier molecular flexibility index (Phi) is 5.90. The number of hydrogen-bond acceptors (Lipinski definition) is 7. The van der Waals surface area contributed by atoms with Crippen molar-refractivity contribution in [3.63, 3.8) is 0 Å². The number of nitrogens with one attached hydrogen (secondary N) is 1. The highest BCUT2D eigenvalue weighted by atomic mass is 35.5. The Bertz CT molecular complexity index is 1430. The molecule has 1 N–H and O–H groups in total. The molecule has 0 amide bonds. The van der Waals surface area contributed by atoms with Crippen molar-refractivity contribution in [1.29, 1.82) is 0 Å². The van der Waals surface area contributed by atoms with Crippen LogP contribution in [0.15, 0.2) is 53.6 Å². The second-order valence-corrected chi connectivity index (χ2v) is 8.81. The van der Waals surface area contributed by atoms with Crippen LogP contribution in [0.5, 0.6) is 5.75 Å². The molecule has 2 aromatic carbocycles. The molecule has 0 atom stereocenters. The fourth-order valence-corrected chi connectivity index (χ4v) is 4.75. The van der Waals surface area contributed by atoms with Gasteiger partial charge in [0.25, 0.3) is 10.0 Å². The second-order valence-electron chi connectivity index (χ2n) is 6.75. The number of aryl methyl sites for hydroxylation is 1. The van der Waals surface area contributed by atoms with Gasteiger partial charge >= 0.3 is 6.08 Å². The summed E-state index contributed by atoms with van der Waals surface area (Å²) in [6, 6.07) is 11.0. The van der Waals surface area contributed by atoms with E-state index in [0.717, 1.165) is 5.56 Å². The molecule has 0 fully saturated rings. The molecule has 0 aliphatic carbocycles. The Morgan fingerprint density at radius 2 is 1.94 bits per heavy atom. The van der Waals surface area contributed by atoms with Crippen LogP contribution >= 0.6 is 11.6 Å². The Morgan fingerprint density at radius 3 is 2.66 bits per heavy atom. The van der Waals surface area contributed by atoms with Crippen molar-refractivity contribution in [3.05, 3.63) is 65.3 Å². The summed E-state index contributed by atoms with van der Waals surface area (Å²) < 4.78 is 46.7. The van der Waals surface area contributed by atoms with Crippen LogP contribution < -0.4 is 9.46 Å². The molecular formula is C21H17ClFN5O3S. The first-order valence-corrected chi connectivity index (χ1v) is 11.3. The predicted octanol–water partition coefficient (Wildman–Crippen LogP) is 4.25. The van der Waals surface area contributed by atoms with E-state index in [1.54, 1.807) is 18.2 Å². The third-order valence-corrected chi connectivity index (χ3v) is 6.59. The van der Waals surface area contributed by atoms with Crippen molar-refractivity contribution in [2.75, 3.05) is 11.8 Å². The number of benzene rings is 2. The molecule has 32 heavy (non-hydrogen) atoms. The van der Waals surface area contributed by atoms with Crippen LogP contribution in [0, 0.1) is 6.08 Å². The van der Waals surface area contributed by atoms with Crippen LogP contribution in [0.25, 0.3) is 22.2 Å². The zero-order chi connectivity index (χ0) is 22.9. The molecule has 0 radical (unpaired) electrons. The number of halogens is 2. The van der Waals surface area contributed by atoms with Crippen molar-refractivity contribution >= 4 is 38.3 Å². The van der Waals surface area contributed by atoms with E-state index in [0.29, 0.717) is 34.3 Å². The quantitative estimate of drug-likeness (QED) is 0.417. The van der Waals surface area contributed by atoms with Gasteiger partial charge in [-0.2, -0.15) is 4.39 Å². The molecular weight excluding hydrogens is 457 g/mol. The standard InChI is InChI=1S/C21H17ClFN5O3S/c1-3-12-8-13(9-14-11-24-21(23)25-19(12)14)20-16(31-2)10-18(26-27-20)28-32(29,30)17-7-5-4-6-15(17)22/h4-11H,3H2,1-2H3,(H,26,28). The fraction of sp³-hybridized carbons (Fsp3) is 0.143. The summed E-state index contributed by atoms with van der Waals surface area (Å²) in [4.78, 5) is 7.42. The largest absolute Gasteiger partial charge is 0.494 e. The number of methoxy groups -OCH3 is 1. The van der Waals surface area contributed by atoms with E-state index in [1.165, 1.54) is 31.5 Å². The van der Waals surface area contributed by atoms with E-state index in [9.17, 15) is 12.8 Å². The van der Waals surface area contributed by atoms with Gasteiger partial charge in [-0.1, -0.05) is 30.7 Å². The molecule has 164 valence electrons. The average Bonchev–Trinajstić information content (AvgIpc) is 2.78. The van der Waals surface area contributed by atoms with Gasteiger partial charge < -0.3 is 4.74 Å². The minimum atomic E-state index is -3.98. The van der Waals surface area contributed by atoms with Crippen LogP contribution in [-0.2, 0) is 16.4 Å². The van der Waals surface area contributed by atoms with Crippen molar-refractivity contribution in [1.82, 2.24) is 20.2 Å². The molecule has 4 aromatic rings. The molecule has 8 nitrogen and oxygen atoms in total. The molecule has 0 aliphatic rings. The number of nitrogens with zero attached hydrogens (tertiary/aromatic N) is 4. The summed E-state index contributed by atoms with van der Waals surface area (Å²) in [5.41, 5.74) is 2.34. The van der Waals surface area contributed by atoms with Gasteiger partial charge in [0.1, 0.15) is 10.6 Å². The zero-order valence-electron chi connectivity index (χ0n) is 17.0. The molecule has 11 heteroatoms. The molecule has 0 bridgehead atoms. The van der Waals surface area contributed by atoms with Gasteiger partial charge in [-0.15, -0.1) is 10.2 Å². The number of ether oxygens (including phenoxy) is 1. The maximum atomic E-state index is 13.5. The van der Waals surface area contributed by atoms with E-state index < -0.39 is 16.1 Å². The van der Waals surface area contributed by atoms with Crippen molar-refractivity contribution in [2.45, 2.75) is 18.2 Å². The van der Waals surface area contributed by atoms with Crippen molar-refractivity contribution in [2.24, 2.45) is 0 Å². The lowest BCUT2D eigenvalue weighted by Gasteiger charge is -2.13. The van der Waals surface area contributed by atoms with Gasteiger partial charge in [0, 0.05) is 23.2 Å². The van der Waals surface area contributed by atoms with Gasteiger partial charge in [-0.3, -0.25) is 4.72 Å². The van der Waals surface area contributed by atoms with E-state index in [-0.39, 0.29) is 15.7 Å². The third kappa shape index (κ3) is 4.19. The maximum absolute atomic E-state index is 13.5. The monoisotopic (exact) mass is 473 g/mol. The summed E-state index contributed by atoms with van der Waals surface area (Å²) in [7, 11) is -2.54. The van der Waals surface area contributed by atoms with E-state index in [1.807, 2.05) is 13.0 Å². The minimum absolute atomic E-state index is 0.0348. The van der Waals surface area contributed by atoms with Crippen LogP contribution in [0.2, 0.25) is 5.02 Å². The number of aromatic nitrogens is 4. The van der Waals surface area contributed by atoms with Crippen molar-refractivity contribution < 1.29 is 17.5 Å². The fourth-order valence-electron chi connectivity index (χ4n) is 3.24. The van der Waals surface area contributed by atoms with Crippen LogP contribution in [0.1, 0.15) is 12.5 Å². The molecule has 0 saturated heterocycles. The van der Waals surface area contributed by atoms with E-state index in [2.05, 4.69) is 24.9 Å². The first kappa shape index (κ1) is 21.8. The minimum Gasteiger partial charge on any atom is -0.494 e. The highest BCUT2D eigenvalue weighted by molar-refractivity contribution is 7.92. The molecule has 2 aromatic heterocycles. The first-order chi connectivity index (χ1) is 15.3. The number of sulfonamides is 1. The Hall–Kier alpha value is -3.37. The molecule has 0 aliphatic heterocycles. The first-order valence-electron chi connectivity index (χ1n) is 9.47. The number of rotatable bonds is 6. The smallest absolute Gasteiger partial charge is 0.309 e. The Labute approximate surface area is 188 Å². The average molecular weight is 474 g/mol. The zero-order valence-corrected chi connectivity index (χ0v) is 18.6.